The van der Waals surface area contributed by atoms with Crippen LogP contribution < -0.4 is 5.32 Å². The van der Waals surface area contributed by atoms with Crippen LogP contribution in [0, 0.1) is 0 Å². The molecule has 0 radical (unpaired) electrons. The number of amides is 1. The average Bonchev–Trinajstić information content (AvgIpc) is 2.68. The molecule has 6 heteroatoms. The fourth-order valence-corrected chi connectivity index (χ4v) is 2.48. The SMILES string of the molecule is O=C(O)CC1SC(=NCc2ccccc2)NC1=O. The molecular formula is C12H12N2O3S. The first-order valence-electron chi connectivity index (χ1n) is 5.43. The smallest absolute Gasteiger partial charge is 0.305 e. The minimum Gasteiger partial charge on any atom is -0.481 e. The highest BCUT2D eigenvalue weighted by Gasteiger charge is 2.31. The van der Waals surface area contributed by atoms with Gasteiger partial charge in [-0.15, -0.1) is 0 Å². The van der Waals surface area contributed by atoms with Crippen molar-refractivity contribution in [3.8, 4) is 0 Å². The number of rotatable bonds is 4. The van der Waals surface area contributed by atoms with Gasteiger partial charge in [-0.05, 0) is 5.56 Å². The quantitative estimate of drug-likeness (QED) is 0.857. The second-order valence-corrected chi connectivity index (χ2v) is 4.99. The Morgan fingerprint density at radius 2 is 2.11 bits per heavy atom. The number of aliphatic imine (C=N–C) groups is 1. The molecule has 0 spiro atoms. The van der Waals surface area contributed by atoms with Gasteiger partial charge in [-0.2, -0.15) is 0 Å². The Morgan fingerprint density at radius 3 is 2.78 bits per heavy atom. The molecule has 0 aromatic heterocycles. The van der Waals surface area contributed by atoms with Crippen molar-refractivity contribution in [3.63, 3.8) is 0 Å². The number of nitrogens with zero attached hydrogens (tertiary/aromatic N) is 1. The van der Waals surface area contributed by atoms with E-state index in [1.807, 2.05) is 30.3 Å². The molecule has 5 nitrogen and oxygen atoms in total. The lowest BCUT2D eigenvalue weighted by Crippen LogP contribution is -2.26. The summed E-state index contributed by atoms with van der Waals surface area (Å²) in [4.78, 5) is 26.3. The molecule has 94 valence electrons. The molecule has 1 aromatic carbocycles. The Labute approximate surface area is 108 Å². The van der Waals surface area contributed by atoms with E-state index in [2.05, 4.69) is 10.3 Å². The number of carboxylic acid groups (broad SMARTS) is 1. The zero-order chi connectivity index (χ0) is 13.0. The Balaban J connectivity index is 1.95. The second kappa shape index (κ2) is 5.68. The zero-order valence-corrected chi connectivity index (χ0v) is 10.3. The number of carboxylic acids is 1. The third-order valence-corrected chi connectivity index (χ3v) is 3.50. The maximum absolute atomic E-state index is 11.5. The third kappa shape index (κ3) is 3.33. The van der Waals surface area contributed by atoms with E-state index in [1.54, 1.807) is 0 Å². The summed E-state index contributed by atoms with van der Waals surface area (Å²) in [6, 6.07) is 9.65. The summed E-state index contributed by atoms with van der Waals surface area (Å²) in [7, 11) is 0. The van der Waals surface area contributed by atoms with E-state index >= 15 is 0 Å². The highest BCUT2D eigenvalue weighted by molar-refractivity contribution is 8.15. The van der Waals surface area contributed by atoms with Crippen LogP contribution in [0.25, 0.3) is 0 Å². The van der Waals surface area contributed by atoms with E-state index < -0.39 is 11.2 Å². The number of thioether (sulfide) groups is 1. The molecule has 0 aliphatic carbocycles. The molecule has 1 heterocycles. The van der Waals surface area contributed by atoms with Gasteiger partial charge in [0.05, 0.1) is 13.0 Å². The molecule has 1 saturated heterocycles. The maximum atomic E-state index is 11.5. The zero-order valence-electron chi connectivity index (χ0n) is 9.50. The van der Waals surface area contributed by atoms with Crippen molar-refractivity contribution in [2.24, 2.45) is 4.99 Å². The first-order chi connectivity index (χ1) is 8.65. The number of carbonyl (C=O) groups excluding carboxylic acids is 1. The van der Waals surface area contributed by atoms with Gasteiger partial charge in [0.2, 0.25) is 5.91 Å². The number of carbonyl (C=O) groups is 2. The van der Waals surface area contributed by atoms with Crippen LogP contribution in [-0.4, -0.2) is 27.4 Å². The second-order valence-electron chi connectivity index (χ2n) is 3.80. The van der Waals surface area contributed by atoms with Crippen LogP contribution in [-0.2, 0) is 16.1 Å². The first-order valence-corrected chi connectivity index (χ1v) is 6.31. The number of aliphatic carboxylic acids is 1. The first kappa shape index (κ1) is 12.6. The molecule has 1 atom stereocenters. The van der Waals surface area contributed by atoms with E-state index in [-0.39, 0.29) is 12.3 Å². The lowest BCUT2D eigenvalue weighted by molar-refractivity contribution is -0.138. The van der Waals surface area contributed by atoms with E-state index in [9.17, 15) is 9.59 Å². The van der Waals surface area contributed by atoms with E-state index in [1.165, 1.54) is 11.8 Å². The summed E-state index contributed by atoms with van der Waals surface area (Å²) >= 11 is 1.17. The summed E-state index contributed by atoms with van der Waals surface area (Å²) in [5.74, 6) is -1.26. The molecule has 1 unspecified atom stereocenters. The molecule has 1 aromatic rings. The van der Waals surface area contributed by atoms with Crippen molar-refractivity contribution < 1.29 is 14.7 Å². The van der Waals surface area contributed by atoms with Crippen LogP contribution in [0.5, 0.6) is 0 Å². The molecule has 1 aliphatic heterocycles. The van der Waals surface area contributed by atoms with Gasteiger partial charge in [0, 0.05) is 0 Å². The van der Waals surface area contributed by atoms with Gasteiger partial charge in [-0.1, -0.05) is 42.1 Å². The van der Waals surface area contributed by atoms with Gasteiger partial charge < -0.3 is 10.4 Å². The van der Waals surface area contributed by atoms with Gasteiger partial charge in [0.1, 0.15) is 5.25 Å². The number of nitrogens with one attached hydrogen (secondary N) is 1. The fraction of sp³-hybridized carbons (Fsp3) is 0.250. The van der Waals surface area contributed by atoms with Crippen molar-refractivity contribution in [2.45, 2.75) is 18.2 Å². The lowest BCUT2D eigenvalue weighted by atomic mass is 10.2. The molecule has 2 N–H and O–H groups in total. The Kier molecular flexibility index (Phi) is 3.99. The largest absolute Gasteiger partial charge is 0.481 e. The van der Waals surface area contributed by atoms with Crippen molar-refractivity contribution in [1.82, 2.24) is 5.32 Å². The van der Waals surface area contributed by atoms with Crippen molar-refractivity contribution >= 4 is 28.8 Å². The monoisotopic (exact) mass is 264 g/mol. The normalized spacial score (nSPS) is 21.0. The van der Waals surface area contributed by atoms with E-state index in [0.29, 0.717) is 11.7 Å². The number of benzene rings is 1. The summed E-state index contributed by atoms with van der Waals surface area (Å²) < 4.78 is 0. The van der Waals surface area contributed by atoms with E-state index in [0.717, 1.165) is 5.56 Å². The predicted octanol–water partition coefficient (Wildman–Crippen LogP) is 1.25. The van der Waals surface area contributed by atoms with Crippen LogP contribution in [0.3, 0.4) is 0 Å². The Morgan fingerprint density at radius 1 is 1.39 bits per heavy atom. The Hall–Kier alpha value is -1.82. The third-order valence-electron chi connectivity index (χ3n) is 2.38. The summed E-state index contributed by atoms with van der Waals surface area (Å²) in [5.41, 5.74) is 1.04. The minimum absolute atomic E-state index is 0.180. The van der Waals surface area contributed by atoms with Crippen molar-refractivity contribution in [1.29, 1.82) is 0 Å². The van der Waals surface area contributed by atoms with Crippen LogP contribution >= 0.6 is 11.8 Å². The van der Waals surface area contributed by atoms with E-state index in [4.69, 9.17) is 5.11 Å². The standard InChI is InChI=1S/C12H12N2O3S/c15-10(16)6-9-11(17)14-12(18-9)13-7-8-4-2-1-3-5-8/h1-5,9H,6-7H2,(H,15,16)(H,13,14,17). The number of hydrogen-bond acceptors (Lipinski definition) is 4. The van der Waals surface area contributed by atoms with Crippen LogP contribution in [0.4, 0.5) is 0 Å². The molecule has 1 aliphatic rings. The van der Waals surface area contributed by atoms with Gasteiger partial charge >= 0.3 is 5.97 Å². The van der Waals surface area contributed by atoms with Crippen LogP contribution in [0.15, 0.2) is 35.3 Å². The molecule has 0 saturated carbocycles. The number of amidine groups is 1. The lowest BCUT2D eigenvalue weighted by Gasteiger charge is -1.98. The topological polar surface area (TPSA) is 78.8 Å². The summed E-state index contributed by atoms with van der Waals surface area (Å²) in [6.07, 6.45) is -0.180. The van der Waals surface area contributed by atoms with Crippen LogP contribution in [0.2, 0.25) is 0 Å². The molecule has 1 amide bonds. The maximum Gasteiger partial charge on any atom is 0.305 e. The van der Waals surface area contributed by atoms with Gasteiger partial charge in [0.15, 0.2) is 5.17 Å². The molecule has 2 rings (SSSR count). The fourth-order valence-electron chi connectivity index (χ4n) is 1.52. The molecule has 0 bridgehead atoms. The molecule has 18 heavy (non-hydrogen) atoms. The summed E-state index contributed by atoms with van der Waals surface area (Å²) in [6.45, 7) is 0.475. The highest BCUT2D eigenvalue weighted by Crippen LogP contribution is 2.22. The molecule has 1 fully saturated rings. The summed E-state index contributed by atoms with van der Waals surface area (Å²) in [5, 5.41) is 11.2. The van der Waals surface area contributed by atoms with Crippen molar-refractivity contribution in [3.05, 3.63) is 35.9 Å². The van der Waals surface area contributed by atoms with Gasteiger partial charge in [0.25, 0.3) is 0 Å². The number of hydrogen-bond donors (Lipinski definition) is 2. The van der Waals surface area contributed by atoms with Crippen molar-refractivity contribution in [2.75, 3.05) is 0 Å². The minimum atomic E-state index is -0.980. The van der Waals surface area contributed by atoms with Crippen LogP contribution in [0.1, 0.15) is 12.0 Å². The predicted molar refractivity (Wildman–Crippen MR) is 69.4 cm³/mol. The van der Waals surface area contributed by atoms with Gasteiger partial charge in [-0.3, -0.25) is 14.6 Å². The highest BCUT2D eigenvalue weighted by atomic mass is 32.2. The molecular weight excluding hydrogens is 252 g/mol. The average molecular weight is 264 g/mol. The van der Waals surface area contributed by atoms with Gasteiger partial charge in [-0.25, -0.2) is 0 Å². The Bertz CT molecular complexity index is 487.